The summed E-state index contributed by atoms with van der Waals surface area (Å²) in [5.41, 5.74) is 1.31. The van der Waals surface area contributed by atoms with Crippen molar-refractivity contribution in [2.45, 2.75) is 64.6 Å². The SMILES string of the molecule is CN=C(NCCc1cn2c(n1)CCCC2)NC1CC(OC)C1(C)C. The largest absolute Gasteiger partial charge is 0.381 e. The van der Waals surface area contributed by atoms with Crippen molar-refractivity contribution in [3.63, 3.8) is 0 Å². The first kappa shape index (κ1) is 17.3. The molecule has 1 aromatic heterocycles. The number of imidazole rings is 1. The Morgan fingerprint density at radius 1 is 1.46 bits per heavy atom. The Labute approximate surface area is 145 Å². The zero-order valence-electron chi connectivity index (χ0n) is 15.4. The Morgan fingerprint density at radius 2 is 2.29 bits per heavy atom. The maximum atomic E-state index is 5.51. The molecular formula is C18H31N5O. The molecule has 1 aromatic rings. The smallest absolute Gasteiger partial charge is 0.191 e. The maximum absolute atomic E-state index is 5.51. The van der Waals surface area contributed by atoms with Crippen molar-refractivity contribution in [3.05, 3.63) is 17.7 Å². The van der Waals surface area contributed by atoms with E-state index in [0.717, 1.165) is 38.3 Å². The van der Waals surface area contributed by atoms with E-state index in [4.69, 9.17) is 9.72 Å². The van der Waals surface area contributed by atoms with Crippen LogP contribution in [0.3, 0.4) is 0 Å². The van der Waals surface area contributed by atoms with Crippen molar-refractivity contribution < 1.29 is 4.74 Å². The van der Waals surface area contributed by atoms with Gasteiger partial charge in [0.05, 0.1) is 11.8 Å². The molecule has 1 aliphatic heterocycles. The van der Waals surface area contributed by atoms with Crippen molar-refractivity contribution in [1.29, 1.82) is 0 Å². The van der Waals surface area contributed by atoms with Gasteiger partial charge in [0.1, 0.15) is 5.82 Å². The lowest BCUT2D eigenvalue weighted by atomic mass is 9.64. The van der Waals surface area contributed by atoms with Crippen molar-refractivity contribution in [1.82, 2.24) is 20.2 Å². The van der Waals surface area contributed by atoms with Crippen LogP contribution in [0.4, 0.5) is 0 Å². The fraction of sp³-hybridized carbons (Fsp3) is 0.778. The molecule has 134 valence electrons. The molecule has 2 heterocycles. The first-order valence-electron chi connectivity index (χ1n) is 9.09. The first-order chi connectivity index (χ1) is 11.5. The molecule has 3 rings (SSSR count). The van der Waals surface area contributed by atoms with E-state index < -0.39 is 0 Å². The lowest BCUT2D eigenvalue weighted by Gasteiger charge is -2.51. The topological polar surface area (TPSA) is 63.5 Å². The minimum atomic E-state index is 0.134. The molecule has 6 nitrogen and oxygen atoms in total. The van der Waals surface area contributed by atoms with Gasteiger partial charge >= 0.3 is 0 Å². The highest BCUT2D eigenvalue weighted by Gasteiger charge is 2.48. The summed E-state index contributed by atoms with van der Waals surface area (Å²) in [5.74, 6) is 2.12. The van der Waals surface area contributed by atoms with Gasteiger partial charge in [-0.2, -0.15) is 0 Å². The number of methoxy groups -OCH3 is 1. The van der Waals surface area contributed by atoms with Gasteiger partial charge in [-0.3, -0.25) is 4.99 Å². The molecule has 0 radical (unpaired) electrons. The average Bonchev–Trinajstić information content (AvgIpc) is 2.99. The lowest BCUT2D eigenvalue weighted by Crippen LogP contribution is -2.63. The summed E-state index contributed by atoms with van der Waals surface area (Å²) in [4.78, 5) is 9.10. The van der Waals surface area contributed by atoms with E-state index in [2.05, 4.69) is 40.2 Å². The molecule has 0 bridgehead atoms. The Hall–Kier alpha value is -1.56. The second kappa shape index (κ2) is 7.13. The van der Waals surface area contributed by atoms with Crippen LogP contribution in [0.1, 0.15) is 44.6 Å². The summed E-state index contributed by atoms with van der Waals surface area (Å²) in [6.07, 6.45) is 8.15. The fourth-order valence-electron chi connectivity index (χ4n) is 3.79. The summed E-state index contributed by atoms with van der Waals surface area (Å²) in [6.45, 7) is 6.45. The minimum Gasteiger partial charge on any atom is -0.381 e. The van der Waals surface area contributed by atoms with E-state index in [1.54, 1.807) is 7.11 Å². The van der Waals surface area contributed by atoms with E-state index in [-0.39, 0.29) is 5.41 Å². The second-order valence-corrected chi connectivity index (χ2v) is 7.53. The van der Waals surface area contributed by atoms with Crippen LogP contribution in [0.5, 0.6) is 0 Å². The molecule has 1 fully saturated rings. The van der Waals surface area contributed by atoms with Gasteiger partial charge in [0.2, 0.25) is 0 Å². The highest BCUT2D eigenvalue weighted by Crippen LogP contribution is 2.42. The number of aryl methyl sites for hydroxylation is 2. The predicted molar refractivity (Wildman–Crippen MR) is 96.3 cm³/mol. The number of nitrogens with zero attached hydrogens (tertiary/aromatic N) is 3. The van der Waals surface area contributed by atoms with Gasteiger partial charge in [-0.15, -0.1) is 0 Å². The third-order valence-electron chi connectivity index (χ3n) is 5.63. The summed E-state index contributed by atoms with van der Waals surface area (Å²) in [5, 5.41) is 6.94. The standard InChI is InChI=1S/C18H31N5O/c1-18(2)14(11-15(18)24-4)22-17(19-3)20-9-8-13-12-23-10-6-5-7-16(23)21-13/h12,14-15H,5-11H2,1-4H3,(H2,19,20,22). The first-order valence-corrected chi connectivity index (χ1v) is 9.09. The molecule has 24 heavy (non-hydrogen) atoms. The van der Waals surface area contributed by atoms with Crippen LogP contribution in [-0.2, 0) is 24.1 Å². The fourth-order valence-corrected chi connectivity index (χ4v) is 3.79. The number of rotatable bonds is 5. The Morgan fingerprint density at radius 3 is 2.96 bits per heavy atom. The zero-order chi connectivity index (χ0) is 17.2. The van der Waals surface area contributed by atoms with Crippen LogP contribution in [0.15, 0.2) is 11.2 Å². The summed E-state index contributed by atoms with van der Waals surface area (Å²) < 4.78 is 7.83. The number of aliphatic imine (C=N–C) groups is 1. The molecule has 1 saturated carbocycles. The number of hydrogen-bond donors (Lipinski definition) is 2. The molecule has 2 N–H and O–H groups in total. The molecule has 2 unspecified atom stereocenters. The normalized spacial score (nSPS) is 25.8. The van der Waals surface area contributed by atoms with Crippen molar-refractivity contribution >= 4 is 5.96 Å². The highest BCUT2D eigenvalue weighted by molar-refractivity contribution is 5.80. The molecule has 0 aromatic carbocycles. The molecule has 6 heteroatoms. The average molecular weight is 333 g/mol. The van der Waals surface area contributed by atoms with E-state index >= 15 is 0 Å². The molecule has 2 aliphatic rings. The Bertz CT molecular complexity index is 569. The number of ether oxygens (including phenoxy) is 1. The summed E-state index contributed by atoms with van der Waals surface area (Å²) in [7, 11) is 3.62. The zero-order valence-corrected chi connectivity index (χ0v) is 15.4. The number of aromatic nitrogens is 2. The Balaban J connectivity index is 1.46. The van der Waals surface area contributed by atoms with Gasteiger partial charge in [-0.1, -0.05) is 13.8 Å². The number of nitrogens with one attached hydrogen (secondary N) is 2. The molecule has 0 amide bonds. The quantitative estimate of drug-likeness (QED) is 0.636. The molecule has 0 spiro atoms. The maximum Gasteiger partial charge on any atom is 0.191 e. The van der Waals surface area contributed by atoms with Crippen LogP contribution >= 0.6 is 0 Å². The lowest BCUT2D eigenvalue weighted by molar-refractivity contribution is -0.0922. The van der Waals surface area contributed by atoms with Crippen LogP contribution in [0, 0.1) is 5.41 Å². The van der Waals surface area contributed by atoms with Crippen molar-refractivity contribution in [2.75, 3.05) is 20.7 Å². The van der Waals surface area contributed by atoms with Crippen molar-refractivity contribution in [2.24, 2.45) is 10.4 Å². The third-order valence-corrected chi connectivity index (χ3v) is 5.63. The van der Waals surface area contributed by atoms with Crippen molar-refractivity contribution in [3.8, 4) is 0 Å². The van der Waals surface area contributed by atoms with Crippen LogP contribution in [0.2, 0.25) is 0 Å². The number of hydrogen-bond acceptors (Lipinski definition) is 3. The van der Waals surface area contributed by atoms with Gasteiger partial charge in [-0.25, -0.2) is 4.98 Å². The van der Waals surface area contributed by atoms with Gasteiger partial charge in [-0.05, 0) is 19.3 Å². The number of guanidine groups is 1. The third kappa shape index (κ3) is 3.43. The van der Waals surface area contributed by atoms with Crippen LogP contribution in [-0.4, -0.2) is 48.4 Å². The molecular weight excluding hydrogens is 302 g/mol. The minimum absolute atomic E-state index is 0.134. The van der Waals surface area contributed by atoms with Gasteiger partial charge < -0.3 is 19.9 Å². The predicted octanol–water partition coefficient (Wildman–Crippen LogP) is 1.74. The van der Waals surface area contributed by atoms with E-state index in [1.165, 1.54) is 24.4 Å². The Kier molecular flexibility index (Phi) is 5.13. The van der Waals surface area contributed by atoms with Crippen LogP contribution < -0.4 is 10.6 Å². The van der Waals surface area contributed by atoms with E-state index in [9.17, 15) is 0 Å². The molecule has 2 atom stereocenters. The van der Waals surface area contributed by atoms with E-state index in [1.807, 2.05) is 7.05 Å². The second-order valence-electron chi connectivity index (χ2n) is 7.53. The molecule has 0 saturated heterocycles. The van der Waals surface area contributed by atoms with Gasteiger partial charge in [0, 0.05) is 57.7 Å². The highest BCUT2D eigenvalue weighted by atomic mass is 16.5. The molecule has 1 aliphatic carbocycles. The van der Waals surface area contributed by atoms with Gasteiger partial charge in [0.15, 0.2) is 5.96 Å². The van der Waals surface area contributed by atoms with Gasteiger partial charge in [0.25, 0.3) is 0 Å². The summed E-state index contributed by atoms with van der Waals surface area (Å²) >= 11 is 0. The monoisotopic (exact) mass is 333 g/mol. The van der Waals surface area contributed by atoms with E-state index in [0.29, 0.717) is 12.1 Å². The number of fused-ring (bicyclic) bond motifs is 1. The summed E-state index contributed by atoms with van der Waals surface area (Å²) in [6, 6.07) is 0.397. The van der Waals surface area contributed by atoms with Crippen LogP contribution in [0.25, 0.3) is 0 Å².